The lowest BCUT2D eigenvalue weighted by Crippen LogP contribution is -2.39. The fraction of sp³-hybridized carbons (Fsp3) is 0.500. The van der Waals surface area contributed by atoms with Crippen LogP contribution in [0.4, 0.5) is 9.18 Å². The fourth-order valence-electron chi connectivity index (χ4n) is 1.95. The summed E-state index contributed by atoms with van der Waals surface area (Å²) in [6, 6.07) is 0. The maximum Gasteiger partial charge on any atom is 0.410 e. The lowest BCUT2D eigenvalue weighted by molar-refractivity contribution is 0.0270. The molecule has 1 aliphatic rings. The van der Waals surface area contributed by atoms with Crippen molar-refractivity contribution in [2.75, 3.05) is 13.1 Å². The third-order valence-corrected chi connectivity index (χ3v) is 3.06. The number of amides is 1. The first-order valence-corrected chi connectivity index (χ1v) is 6.99. The maximum absolute atomic E-state index is 13.7. The van der Waals surface area contributed by atoms with Crippen LogP contribution in [0.25, 0.3) is 5.57 Å². The lowest BCUT2D eigenvalue weighted by atomic mass is 10.0. The van der Waals surface area contributed by atoms with E-state index in [1.54, 1.807) is 11.0 Å². The van der Waals surface area contributed by atoms with Gasteiger partial charge < -0.3 is 9.64 Å². The van der Waals surface area contributed by atoms with E-state index in [2.05, 4.69) is 9.97 Å². The van der Waals surface area contributed by atoms with E-state index in [9.17, 15) is 9.18 Å². The first-order valence-electron chi connectivity index (χ1n) is 6.61. The van der Waals surface area contributed by atoms with E-state index in [1.165, 1.54) is 0 Å². The predicted molar refractivity (Wildman–Crippen MR) is 77.4 cm³/mol. The normalized spacial score (nSPS) is 15.7. The quantitative estimate of drug-likeness (QED) is 0.747. The Kier molecular flexibility index (Phi) is 4.46. The first kappa shape index (κ1) is 15.7. The first-order chi connectivity index (χ1) is 9.76. The van der Waals surface area contributed by atoms with Crippen molar-refractivity contribution in [3.8, 4) is 0 Å². The summed E-state index contributed by atoms with van der Waals surface area (Å²) < 4.78 is 19.0. The molecule has 2 heterocycles. The summed E-state index contributed by atoms with van der Waals surface area (Å²) in [4.78, 5) is 21.0. The van der Waals surface area contributed by atoms with E-state index < -0.39 is 11.4 Å². The zero-order chi connectivity index (χ0) is 15.6. The van der Waals surface area contributed by atoms with Gasteiger partial charge in [0.2, 0.25) is 5.28 Å². The molecular weight excluding hydrogens is 297 g/mol. The van der Waals surface area contributed by atoms with Gasteiger partial charge in [-0.1, -0.05) is 6.08 Å². The Balaban J connectivity index is 2.08. The monoisotopic (exact) mass is 313 g/mol. The summed E-state index contributed by atoms with van der Waals surface area (Å²) in [5, 5.41) is 0.00173. The van der Waals surface area contributed by atoms with Crippen molar-refractivity contribution in [2.45, 2.75) is 32.8 Å². The summed E-state index contributed by atoms with van der Waals surface area (Å²) in [6.07, 6.45) is 2.92. The van der Waals surface area contributed by atoms with Crippen LogP contribution in [0.2, 0.25) is 5.28 Å². The van der Waals surface area contributed by atoms with Crippen LogP contribution >= 0.6 is 11.6 Å². The summed E-state index contributed by atoms with van der Waals surface area (Å²) in [6.45, 7) is 6.24. The average Bonchev–Trinajstić information content (AvgIpc) is 2.40. The fourth-order valence-corrected chi connectivity index (χ4v) is 2.08. The van der Waals surface area contributed by atoms with Crippen LogP contribution in [0.1, 0.15) is 32.9 Å². The highest BCUT2D eigenvalue weighted by atomic mass is 35.5. The predicted octanol–water partition coefficient (Wildman–Crippen LogP) is 3.29. The van der Waals surface area contributed by atoms with Gasteiger partial charge >= 0.3 is 6.09 Å². The van der Waals surface area contributed by atoms with Gasteiger partial charge in [0.25, 0.3) is 0 Å². The van der Waals surface area contributed by atoms with E-state index in [4.69, 9.17) is 16.3 Å². The van der Waals surface area contributed by atoms with Gasteiger partial charge in [-0.25, -0.2) is 19.2 Å². The van der Waals surface area contributed by atoms with Gasteiger partial charge in [0.15, 0.2) is 5.82 Å². The van der Waals surface area contributed by atoms with Crippen molar-refractivity contribution < 1.29 is 13.9 Å². The van der Waals surface area contributed by atoms with Crippen LogP contribution in [0, 0.1) is 5.82 Å². The highest BCUT2D eigenvalue weighted by Crippen LogP contribution is 2.24. The van der Waals surface area contributed by atoms with Gasteiger partial charge in [0.05, 0.1) is 6.20 Å². The van der Waals surface area contributed by atoms with Crippen LogP contribution < -0.4 is 0 Å². The number of hydrogen-bond donors (Lipinski definition) is 0. The van der Waals surface area contributed by atoms with Crippen LogP contribution in [0.15, 0.2) is 12.3 Å². The molecule has 1 aromatic rings. The van der Waals surface area contributed by atoms with Crippen molar-refractivity contribution in [1.29, 1.82) is 0 Å². The molecule has 0 N–H and O–H groups in total. The molecule has 1 aliphatic heterocycles. The highest BCUT2D eigenvalue weighted by molar-refractivity contribution is 6.28. The van der Waals surface area contributed by atoms with Crippen LogP contribution in [0.5, 0.6) is 0 Å². The SMILES string of the molecule is CC(C)(C)OC(=O)N1CC=C(c2nc(Cl)ncc2F)CC1. The van der Waals surface area contributed by atoms with E-state index in [0.29, 0.717) is 19.5 Å². The molecule has 114 valence electrons. The molecule has 0 saturated carbocycles. The summed E-state index contributed by atoms with van der Waals surface area (Å²) >= 11 is 5.69. The van der Waals surface area contributed by atoms with Crippen molar-refractivity contribution in [1.82, 2.24) is 14.9 Å². The number of ether oxygens (including phenoxy) is 1. The summed E-state index contributed by atoms with van der Waals surface area (Å²) in [5.74, 6) is -0.517. The number of halogens is 2. The van der Waals surface area contributed by atoms with Crippen LogP contribution in [0.3, 0.4) is 0 Å². The number of carbonyl (C=O) groups excluding carboxylic acids is 1. The van der Waals surface area contributed by atoms with E-state index in [1.807, 2.05) is 20.8 Å². The third-order valence-electron chi connectivity index (χ3n) is 2.88. The molecule has 0 atom stereocenters. The van der Waals surface area contributed by atoms with Crippen molar-refractivity contribution in [2.24, 2.45) is 0 Å². The molecular formula is C14H17ClFN3O2. The summed E-state index contributed by atoms with van der Waals surface area (Å²) in [7, 11) is 0. The number of aromatic nitrogens is 2. The average molecular weight is 314 g/mol. The number of rotatable bonds is 1. The van der Waals surface area contributed by atoms with E-state index in [-0.39, 0.29) is 17.1 Å². The smallest absolute Gasteiger partial charge is 0.410 e. The van der Waals surface area contributed by atoms with Gasteiger partial charge in [0.1, 0.15) is 11.3 Å². The van der Waals surface area contributed by atoms with Crippen molar-refractivity contribution >= 4 is 23.3 Å². The summed E-state index contributed by atoms with van der Waals surface area (Å²) in [5.41, 5.74) is 0.378. The van der Waals surface area contributed by atoms with Gasteiger partial charge in [0, 0.05) is 13.1 Å². The molecule has 7 heteroatoms. The molecule has 2 rings (SSSR count). The molecule has 0 fully saturated rings. The molecule has 0 aromatic carbocycles. The minimum Gasteiger partial charge on any atom is -0.444 e. The van der Waals surface area contributed by atoms with Crippen molar-refractivity contribution in [3.05, 3.63) is 29.1 Å². The topological polar surface area (TPSA) is 55.3 Å². The minimum absolute atomic E-state index is 0.00173. The molecule has 0 unspecified atom stereocenters. The zero-order valence-corrected chi connectivity index (χ0v) is 12.9. The number of hydrogen-bond acceptors (Lipinski definition) is 4. The molecule has 5 nitrogen and oxygen atoms in total. The Morgan fingerprint density at radius 1 is 1.48 bits per heavy atom. The molecule has 21 heavy (non-hydrogen) atoms. The van der Waals surface area contributed by atoms with E-state index >= 15 is 0 Å². The third kappa shape index (κ3) is 4.14. The number of nitrogens with zero attached hydrogens (tertiary/aromatic N) is 3. The van der Waals surface area contributed by atoms with Gasteiger partial charge in [-0.05, 0) is 44.4 Å². The highest BCUT2D eigenvalue weighted by Gasteiger charge is 2.25. The second-order valence-electron chi connectivity index (χ2n) is 5.74. The molecule has 0 spiro atoms. The second-order valence-corrected chi connectivity index (χ2v) is 6.08. The Morgan fingerprint density at radius 2 is 2.19 bits per heavy atom. The second kappa shape index (κ2) is 5.97. The Bertz CT molecular complexity index is 584. The molecule has 0 aliphatic carbocycles. The lowest BCUT2D eigenvalue weighted by Gasteiger charge is -2.29. The molecule has 0 saturated heterocycles. The number of carbonyl (C=O) groups is 1. The molecule has 0 radical (unpaired) electrons. The van der Waals surface area contributed by atoms with Crippen molar-refractivity contribution in [3.63, 3.8) is 0 Å². The van der Waals surface area contributed by atoms with Gasteiger partial charge in [-0.3, -0.25) is 0 Å². The van der Waals surface area contributed by atoms with Gasteiger partial charge in [-0.15, -0.1) is 0 Å². The standard InChI is InChI=1S/C14H17ClFN3O2/c1-14(2,3)21-13(20)19-6-4-9(5-7-19)11-10(16)8-17-12(15)18-11/h4,8H,5-7H2,1-3H3. The Labute approximate surface area is 127 Å². The molecule has 1 aromatic heterocycles. The zero-order valence-electron chi connectivity index (χ0n) is 12.2. The van der Waals surface area contributed by atoms with Crippen LogP contribution in [-0.2, 0) is 4.74 Å². The molecule has 1 amide bonds. The maximum atomic E-state index is 13.7. The van der Waals surface area contributed by atoms with Gasteiger partial charge in [-0.2, -0.15) is 0 Å². The largest absolute Gasteiger partial charge is 0.444 e. The Morgan fingerprint density at radius 3 is 2.76 bits per heavy atom. The minimum atomic E-state index is -0.534. The molecule has 0 bridgehead atoms. The van der Waals surface area contributed by atoms with Crippen LogP contribution in [-0.4, -0.2) is 39.7 Å². The Hall–Kier alpha value is -1.69. The van der Waals surface area contributed by atoms with E-state index in [0.717, 1.165) is 11.8 Å².